The van der Waals surface area contributed by atoms with Gasteiger partial charge >= 0.3 is 0 Å². The molecular formula is C19H20N2O2S. The zero-order valence-electron chi connectivity index (χ0n) is 13.7. The van der Waals surface area contributed by atoms with E-state index in [0.29, 0.717) is 12.1 Å². The number of nitrogens with zero attached hydrogens (tertiary/aromatic N) is 1. The first-order chi connectivity index (χ1) is 11.6. The van der Waals surface area contributed by atoms with E-state index in [1.54, 1.807) is 23.5 Å². The summed E-state index contributed by atoms with van der Waals surface area (Å²) in [6.07, 6.45) is 0. The number of benzene rings is 2. The molecule has 3 rings (SSSR count). The van der Waals surface area contributed by atoms with Crippen LogP contribution in [0.4, 0.5) is 0 Å². The van der Waals surface area contributed by atoms with Crippen molar-refractivity contribution in [2.75, 3.05) is 20.6 Å². The van der Waals surface area contributed by atoms with Crippen LogP contribution in [-0.2, 0) is 0 Å². The molecule has 0 spiro atoms. The SMILES string of the molecule is CN(C)[C@@H](CNC(=O)c1cc2ccccc2cc1O)c1cccs1. The van der Waals surface area contributed by atoms with Crippen molar-refractivity contribution in [1.29, 1.82) is 0 Å². The lowest BCUT2D eigenvalue weighted by Gasteiger charge is -2.23. The second kappa shape index (κ2) is 7.03. The minimum absolute atomic E-state index is 0.00345. The average Bonchev–Trinajstić information content (AvgIpc) is 3.08. The maximum Gasteiger partial charge on any atom is 0.255 e. The topological polar surface area (TPSA) is 52.6 Å². The van der Waals surface area contributed by atoms with Gasteiger partial charge in [-0.3, -0.25) is 4.79 Å². The molecule has 0 fully saturated rings. The maximum atomic E-state index is 12.5. The van der Waals surface area contributed by atoms with Crippen LogP contribution in [-0.4, -0.2) is 36.6 Å². The third-order valence-electron chi connectivity index (χ3n) is 4.06. The lowest BCUT2D eigenvalue weighted by Crippen LogP contribution is -2.34. The lowest BCUT2D eigenvalue weighted by molar-refractivity contribution is 0.0940. The summed E-state index contributed by atoms with van der Waals surface area (Å²) in [6.45, 7) is 0.485. The number of nitrogens with one attached hydrogen (secondary N) is 1. The van der Waals surface area contributed by atoms with Crippen LogP contribution in [0.15, 0.2) is 53.9 Å². The first-order valence-electron chi connectivity index (χ1n) is 7.76. The normalized spacial score (nSPS) is 12.5. The fraction of sp³-hybridized carbons (Fsp3) is 0.211. The number of hydrogen-bond donors (Lipinski definition) is 2. The van der Waals surface area contributed by atoms with Crippen LogP contribution in [0.1, 0.15) is 21.3 Å². The van der Waals surface area contributed by atoms with Crippen molar-refractivity contribution in [3.8, 4) is 5.75 Å². The van der Waals surface area contributed by atoms with Crippen molar-refractivity contribution in [3.05, 3.63) is 64.4 Å². The number of phenols is 1. The van der Waals surface area contributed by atoms with Gasteiger partial charge in [0.05, 0.1) is 11.6 Å². The molecule has 1 amide bonds. The minimum atomic E-state index is -0.262. The molecule has 2 aromatic carbocycles. The number of phenolic OH excluding ortho intramolecular Hbond substituents is 1. The van der Waals surface area contributed by atoms with E-state index in [0.717, 1.165) is 10.8 Å². The molecule has 0 bridgehead atoms. The summed E-state index contributed by atoms with van der Waals surface area (Å²) in [7, 11) is 3.98. The fourth-order valence-electron chi connectivity index (χ4n) is 2.71. The average molecular weight is 340 g/mol. The molecule has 3 aromatic rings. The van der Waals surface area contributed by atoms with Crippen LogP contribution in [0.25, 0.3) is 10.8 Å². The number of carbonyl (C=O) groups is 1. The number of aromatic hydroxyl groups is 1. The van der Waals surface area contributed by atoms with Crippen LogP contribution < -0.4 is 5.32 Å². The summed E-state index contributed by atoms with van der Waals surface area (Å²) in [5, 5.41) is 17.0. The quantitative estimate of drug-likeness (QED) is 0.745. The summed E-state index contributed by atoms with van der Waals surface area (Å²) in [6, 6.07) is 15.2. The number of amides is 1. The highest BCUT2D eigenvalue weighted by molar-refractivity contribution is 7.10. The Labute approximate surface area is 145 Å². The second-order valence-electron chi connectivity index (χ2n) is 5.92. The fourth-order valence-corrected chi connectivity index (χ4v) is 3.64. The van der Waals surface area contributed by atoms with Gasteiger partial charge in [-0.15, -0.1) is 11.3 Å². The molecule has 0 aliphatic rings. The van der Waals surface area contributed by atoms with Gasteiger partial charge in [-0.1, -0.05) is 30.3 Å². The van der Waals surface area contributed by atoms with E-state index in [2.05, 4.69) is 16.3 Å². The first-order valence-corrected chi connectivity index (χ1v) is 8.64. The van der Waals surface area contributed by atoms with Gasteiger partial charge < -0.3 is 15.3 Å². The van der Waals surface area contributed by atoms with Gasteiger partial charge in [0.15, 0.2) is 0 Å². The largest absolute Gasteiger partial charge is 0.507 e. The highest BCUT2D eigenvalue weighted by atomic mass is 32.1. The zero-order chi connectivity index (χ0) is 17.1. The molecule has 4 nitrogen and oxygen atoms in total. The molecule has 2 N–H and O–H groups in total. The Balaban J connectivity index is 1.78. The minimum Gasteiger partial charge on any atom is -0.507 e. The van der Waals surface area contributed by atoms with Gasteiger partial charge in [-0.2, -0.15) is 0 Å². The summed E-state index contributed by atoms with van der Waals surface area (Å²) < 4.78 is 0. The van der Waals surface area contributed by atoms with Crippen molar-refractivity contribution in [2.24, 2.45) is 0 Å². The van der Waals surface area contributed by atoms with Crippen molar-refractivity contribution in [2.45, 2.75) is 6.04 Å². The molecule has 0 saturated heterocycles. The summed E-state index contributed by atoms with van der Waals surface area (Å²) in [5.41, 5.74) is 0.303. The van der Waals surface area contributed by atoms with Gasteiger partial charge in [0.2, 0.25) is 0 Å². The van der Waals surface area contributed by atoms with Crippen LogP contribution in [0.2, 0.25) is 0 Å². The molecule has 24 heavy (non-hydrogen) atoms. The van der Waals surface area contributed by atoms with Crippen molar-refractivity contribution >= 4 is 28.0 Å². The molecule has 1 atom stereocenters. The van der Waals surface area contributed by atoms with Crippen molar-refractivity contribution in [3.63, 3.8) is 0 Å². The molecule has 0 unspecified atom stereocenters. The van der Waals surface area contributed by atoms with Gasteiger partial charge in [0.25, 0.3) is 5.91 Å². The third-order valence-corrected chi connectivity index (χ3v) is 5.03. The number of likely N-dealkylation sites (N-methyl/N-ethyl adjacent to an activating group) is 1. The molecular weight excluding hydrogens is 320 g/mol. The summed E-state index contributed by atoms with van der Waals surface area (Å²) in [5.74, 6) is -0.259. The molecule has 0 saturated carbocycles. The predicted molar refractivity (Wildman–Crippen MR) is 98.7 cm³/mol. The van der Waals surface area contributed by atoms with E-state index >= 15 is 0 Å². The highest BCUT2D eigenvalue weighted by Crippen LogP contribution is 2.26. The second-order valence-corrected chi connectivity index (χ2v) is 6.90. The Morgan fingerprint density at radius 3 is 2.50 bits per heavy atom. The number of rotatable bonds is 5. The number of fused-ring (bicyclic) bond motifs is 1. The van der Waals surface area contributed by atoms with Gasteiger partial charge in [-0.05, 0) is 48.4 Å². The van der Waals surface area contributed by atoms with E-state index in [1.165, 1.54) is 4.88 Å². The van der Waals surface area contributed by atoms with E-state index in [-0.39, 0.29) is 17.7 Å². The monoisotopic (exact) mass is 340 g/mol. The summed E-state index contributed by atoms with van der Waals surface area (Å²) >= 11 is 1.67. The Hall–Kier alpha value is -2.37. The Morgan fingerprint density at radius 1 is 1.17 bits per heavy atom. The van der Waals surface area contributed by atoms with E-state index in [4.69, 9.17) is 0 Å². The van der Waals surface area contributed by atoms with Gasteiger partial charge in [-0.25, -0.2) is 0 Å². The van der Waals surface area contributed by atoms with Gasteiger partial charge in [0, 0.05) is 11.4 Å². The Bertz CT molecular complexity index is 844. The van der Waals surface area contributed by atoms with Crippen LogP contribution in [0.3, 0.4) is 0 Å². The smallest absolute Gasteiger partial charge is 0.255 e. The van der Waals surface area contributed by atoms with E-state index in [1.807, 2.05) is 49.8 Å². The molecule has 1 aromatic heterocycles. The van der Waals surface area contributed by atoms with Crippen LogP contribution in [0.5, 0.6) is 5.75 Å². The first kappa shape index (κ1) is 16.5. The van der Waals surface area contributed by atoms with Crippen molar-refractivity contribution in [1.82, 2.24) is 10.2 Å². The summed E-state index contributed by atoms with van der Waals surface area (Å²) in [4.78, 5) is 15.8. The maximum absolute atomic E-state index is 12.5. The molecule has 0 radical (unpaired) electrons. The highest BCUT2D eigenvalue weighted by Gasteiger charge is 2.18. The standard InChI is InChI=1S/C19H20N2O2S/c1-21(2)16(18-8-5-9-24-18)12-20-19(23)15-10-13-6-3-4-7-14(13)11-17(15)22/h3-11,16,22H,12H2,1-2H3,(H,20,23)/t16-/m0/s1. The number of carbonyl (C=O) groups excluding carboxylic acids is 1. The predicted octanol–water partition coefficient (Wildman–Crippen LogP) is 3.64. The zero-order valence-corrected chi connectivity index (χ0v) is 14.5. The molecule has 0 aliphatic heterocycles. The number of thiophene rings is 1. The third kappa shape index (κ3) is 3.42. The van der Waals surface area contributed by atoms with Crippen LogP contribution >= 0.6 is 11.3 Å². The van der Waals surface area contributed by atoms with E-state index in [9.17, 15) is 9.90 Å². The molecule has 0 aliphatic carbocycles. The van der Waals surface area contributed by atoms with Gasteiger partial charge in [0.1, 0.15) is 5.75 Å². The van der Waals surface area contributed by atoms with E-state index < -0.39 is 0 Å². The molecule has 5 heteroatoms. The molecule has 1 heterocycles. The Morgan fingerprint density at radius 2 is 1.88 bits per heavy atom. The molecule has 124 valence electrons. The van der Waals surface area contributed by atoms with Crippen LogP contribution in [0, 0.1) is 0 Å². The lowest BCUT2D eigenvalue weighted by atomic mass is 10.1. The Kier molecular flexibility index (Phi) is 4.83. The van der Waals surface area contributed by atoms with Crippen molar-refractivity contribution < 1.29 is 9.90 Å². The number of hydrogen-bond acceptors (Lipinski definition) is 4.